The van der Waals surface area contributed by atoms with Gasteiger partial charge in [0.25, 0.3) is 5.91 Å². The molecule has 5 nitrogen and oxygen atoms in total. The number of anilines is 1. The maximum Gasteiger partial charge on any atom is 0.254 e. The second kappa shape index (κ2) is 6.62. The van der Waals surface area contributed by atoms with Gasteiger partial charge in [-0.05, 0) is 24.6 Å². The molecular formula is C16H19FN4OS. The van der Waals surface area contributed by atoms with E-state index >= 15 is 0 Å². The molecule has 3 rings (SSSR count). The summed E-state index contributed by atoms with van der Waals surface area (Å²) < 4.78 is 17.9. The average molecular weight is 334 g/mol. The van der Waals surface area contributed by atoms with Gasteiger partial charge in [-0.2, -0.15) is 4.37 Å². The first kappa shape index (κ1) is 15.9. The van der Waals surface area contributed by atoms with E-state index in [2.05, 4.69) is 14.3 Å². The van der Waals surface area contributed by atoms with Gasteiger partial charge in [-0.25, -0.2) is 9.37 Å². The Kier molecular flexibility index (Phi) is 4.56. The van der Waals surface area contributed by atoms with E-state index in [4.69, 9.17) is 0 Å². The molecule has 2 heterocycles. The van der Waals surface area contributed by atoms with Gasteiger partial charge in [-0.15, -0.1) is 0 Å². The zero-order valence-electron chi connectivity index (χ0n) is 13.3. The Morgan fingerprint density at radius 2 is 2.04 bits per heavy atom. The fourth-order valence-electron chi connectivity index (χ4n) is 2.53. The predicted molar refractivity (Wildman–Crippen MR) is 88.5 cm³/mol. The highest BCUT2D eigenvalue weighted by Crippen LogP contribution is 2.20. The molecule has 0 radical (unpaired) electrons. The van der Waals surface area contributed by atoms with Crippen LogP contribution < -0.4 is 4.90 Å². The molecule has 1 aliphatic rings. The largest absolute Gasteiger partial charge is 0.343 e. The molecular weight excluding hydrogens is 315 g/mol. The number of carbonyl (C=O) groups is 1. The van der Waals surface area contributed by atoms with Crippen LogP contribution in [-0.2, 0) is 6.42 Å². The fraction of sp³-hybridized carbons (Fsp3) is 0.438. The topological polar surface area (TPSA) is 49.3 Å². The molecule has 23 heavy (non-hydrogen) atoms. The highest BCUT2D eigenvalue weighted by Gasteiger charge is 2.24. The number of hydrogen-bond donors (Lipinski definition) is 0. The Morgan fingerprint density at radius 3 is 2.65 bits per heavy atom. The number of amides is 1. The fourth-order valence-corrected chi connectivity index (χ4v) is 3.33. The Bertz CT molecular complexity index is 710. The number of carbonyl (C=O) groups excluding carboxylic acids is 1. The minimum absolute atomic E-state index is 0.116. The molecule has 0 N–H and O–H groups in total. The first-order chi connectivity index (χ1) is 11.1. The Morgan fingerprint density at radius 1 is 1.30 bits per heavy atom. The van der Waals surface area contributed by atoms with Gasteiger partial charge in [-0.1, -0.05) is 13.0 Å². The van der Waals surface area contributed by atoms with Crippen LogP contribution in [0.3, 0.4) is 0 Å². The van der Waals surface area contributed by atoms with Gasteiger partial charge >= 0.3 is 0 Å². The summed E-state index contributed by atoms with van der Waals surface area (Å²) in [6.45, 7) is 6.37. The molecule has 2 aromatic rings. The van der Waals surface area contributed by atoms with Crippen LogP contribution in [0.4, 0.5) is 9.52 Å². The number of piperazine rings is 1. The molecule has 0 unspecified atom stereocenters. The maximum absolute atomic E-state index is 13.6. The van der Waals surface area contributed by atoms with Crippen molar-refractivity contribution in [1.29, 1.82) is 0 Å². The van der Waals surface area contributed by atoms with Crippen molar-refractivity contribution in [3.63, 3.8) is 0 Å². The highest BCUT2D eigenvalue weighted by molar-refractivity contribution is 7.09. The number of nitrogens with zero attached hydrogens (tertiary/aromatic N) is 4. The van der Waals surface area contributed by atoms with Crippen molar-refractivity contribution in [3.05, 3.63) is 41.0 Å². The Balaban J connectivity index is 1.63. The third-order valence-electron chi connectivity index (χ3n) is 4.03. The monoisotopic (exact) mass is 334 g/mol. The smallest absolute Gasteiger partial charge is 0.254 e. The van der Waals surface area contributed by atoms with Crippen LogP contribution in [0.15, 0.2) is 18.2 Å². The normalized spacial score (nSPS) is 15.1. The van der Waals surface area contributed by atoms with Crippen LogP contribution in [0.1, 0.15) is 28.7 Å². The lowest BCUT2D eigenvalue weighted by molar-refractivity contribution is 0.0746. The van der Waals surface area contributed by atoms with Crippen molar-refractivity contribution in [1.82, 2.24) is 14.3 Å². The van der Waals surface area contributed by atoms with E-state index < -0.39 is 0 Å². The second-order valence-electron chi connectivity index (χ2n) is 5.59. The molecule has 1 aromatic heterocycles. The lowest BCUT2D eigenvalue weighted by atomic mass is 10.1. The number of aryl methyl sites for hydroxylation is 2. The van der Waals surface area contributed by atoms with Gasteiger partial charge in [-0.3, -0.25) is 4.79 Å². The van der Waals surface area contributed by atoms with Gasteiger partial charge in [0.1, 0.15) is 11.6 Å². The molecule has 0 bridgehead atoms. The van der Waals surface area contributed by atoms with E-state index in [0.29, 0.717) is 24.2 Å². The number of aromatic nitrogens is 2. The molecule has 0 saturated carbocycles. The third-order valence-corrected chi connectivity index (χ3v) is 4.84. The zero-order valence-corrected chi connectivity index (χ0v) is 14.1. The number of halogens is 1. The summed E-state index contributed by atoms with van der Waals surface area (Å²) in [5.41, 5.74) is 0.958. The quantitative estimate of drug-likeness (QED) is 0.865. The van der Waals surface area contributed by atoms with Crippen molar-refractivity contribution < 1.29 is 9.18 Å². The summed E-state index contributed by atoms with van der Waals surface area (Å²) in [6, 6.07) is 4.65. The van der Waals surface area contributed by atoms with Crippen molar-refractivity contribution in [2.45, 2.75) is 20.3 Å². The molecule has 1 aliphatic heterocycles. The summed E-state index contributed by atoms with van der Waals surface area (Å²) in [4.78, 5) is 20.9. The second-order valence-corrected chi connectivity index (χ2v) is 6.32. The van der Waals surface area contributed by atoms with Crippen LogP contribution >= 0.6 is 11.5 Å². The van der Waals surface area contributed by atoms with E-state index in [1.165, 1.54) is 17.6 Å². The summed E-state index contributed by atoms with van der Waals surface area (Å²) in [7, 11) is 0. The minimum Gasteiger partial charge on any atom is -0.343 e. The third kappa shape index (κ3) is 3.34. The molecule has 1 aromatic carbocycles. The van der Waals surface area contributed by atoms with Crippen LogP contribution in [0.5, 0.6) is 0 Å². The van der Waals surface area contributed by atoms with Crippen molar-refractivity contribution in [2.24, 2.45) is 0 Å². The summed E-state index contributed by atoms with van der Waals surface area (Å²) >= 11 is 1.40. The predicted octanol–water partition coefficient (Wildman–Crippen LogP) is 2.51. The zero-order chi connectivity index (χ0) is 16.4. The number of benzene rings is 1. The molecule has 1 saturated heterocycles. The summed E-state index contributed by atoms with van der Waals surface area (Å²) in [5, 5.41) is 0.912. The molecule has 0 atom stereocenters. The molecule has 1 fully saturated rings. The summed E-state index contributed by atoms with van der Waals surface area (Å²) in [5.74, 6) is 0.407. The van der Waals surface area contributed by atoms with Crippen molar-refractivity contribution in [3.8, 4) is 0 Å². The van der Waals surface area contributed by atoms with Crippen molar-refractivity contribution in [2.75, 3.05) is 31.1 Å². The average Bonchev–Trinajstić information content (AvgIpc) is 3.06. The van der Waals surface area contributed by atoms with Crippen LogP contribution in [0, 0.1) is 12.7 Å². The van der Waals surface area contributed by atoms with Crippen molar-refractivity contribution >= 4 is 22.6 Å². The maximum atomic E-state index is 13.6. The van der Waals surface area contributed by atoms with Crippen LogP contribution in [0.2, 0.25) is 0 Å². The van der Waals surface area contributed by atoms with Gasteiger partial charge in [0.05, 0.1) is 0 Å². The molecule has 1 amide bonds. The van der Waals surface area contributed by atoms with E-state index in [9.17, 15) is 9.18 Å². The SMILES string of the molecule is CCc1nsc(N2CCN(C(=O)c3ccc(C)c(F)c3)CC2)n1. The molecule has 7 heteroatoms. The van der Waals surface area contributed by atoms with E-state index in [1.54, 1.807) is 24.0 Å². The lowest BCUT2D eigenvalue weighted by Crippen LogP contribution is -2.48. The number of hydrogen-bond acceptors (Lipinski definition) is 5. The highest BCUT2D eigenvalue weighted by atomic mass is 32.1. The lowest BCUT2D eigenvalue weighted by Gasteiger charge is -2.34. The molecule has 0 spiro atoms. The van der Waals surface area contributed by atoms with Gasteiger partial charge in [0.15, 0.2) is 0 Å². The van der Waals surface area contributed by atoms with Gasteiger partial charge in [0.2, 0.25) is 5.13 Å². The van der Waals surface area contributed by atoms with Crippen LogP contribution in [-0.4, -0.2) is 46.3 Å². The Labute approximate surface area is 138 Å². The van der Waals surface area contributed by atoms with Gasteiger partial charge in [0, 0.05) is 49.7 Å². The summed E-state index contributed by atoms with van der Waals surface area (Å²) in [6.07, 6.45) is 0.827. The standard InChI is InChI=1S/C16H19FN4OS/c1-3-14-18-16(23-19-14)21-8-6-20(7-9-21)15(22)12-5-4-11(2)13(17)10-12/h4-5,10H,3,6-9H2,1-2H3. The van der Waals surface area contributed by atoms with E-state index in [1.807, 2.05) is 6.92 Å². The minimum atomic E-state index is -0.338. The molecule has 0 aliphatic carbocycles. The first-order valence-electron chi connectivity index (χ1n) is 7.71. The Hall–Kier alpha value is -2.02. The number of rotatable bonds is 3. The molecule has 122 valence electrons. The van der Waals surface area contributed by atoms with Crippen LogP contribution in [0.25, 0.3) is 0 Å². The van der Waals surface area contributed by atoms with Gasteiger partial charge < -0.3 is 9.80 Å². The first-order valence-corrected chi connectivity index (χ1v) is 8.48. The van der Waals surface area contributed by atoms with E-state index in [-0.39, 0.29) is 11.7 Å². The van der Waals surface area contributed by atoms with E-state index in [0.717, 1.165) is 30.5 Å².